The number of anilines is 1. The minimum atomic E-state index is -1.28. The van der Waals surface area contributed by atoms with Crippen molar-refractivity contribution in [2.45, 2.75) is 38.6 Å². The molecule has 6 heteroatoms. The molecule has 0 aliphatic heterocycles. The summed E-state index contributed by atoms with van der Waals surface area (Å²) in [7, 11) is 1.92. The summed E-state index contributed by atoms with van der Waals surface area (Å²) >= 11 is 0. The van der Waals surface area contributed by atoms with Crippen molar-refractivity contribution in [2.24, 2.45) is 5.92 Å². The first-order valence-corrected chi connectivity index (χ1v) is 7.14. The van der Waals surface area contributed by atoms with Crippen molar-refractivity contribution in [3.63, 3.8) is 0 Å². The molecule has 114 valence electrons. The second-order valence-corrected chi connectivity index (χ2v) is 5.80. The van der Waals surface area contributed by atoms with Crippen LogP contribution in [0.4, 0.5) is 11.4 Å². The van der Waals surface area contributed by atoms with Gasteiger partial charge in [-0.3, -0.25) is 10.1 Å². The zero-order valence-electron chi connectivity index (χ0n) is 12.3. The topological polar surface area (TPSA) is 83.7 Å². The number of aromatic carboxylic acids is 1. The zero-order chi connectivity index (χ0) is 15.6. The normalized spacial score (nSPS) is 21.8. The van der Waals surface area contributed by atoms with E-state index in [1.807, 2.05) is 11.9 Å². The second kappa shape index (κ2) is 6.11. The maximum absolute atomic E-state index is 11.1. The molecule has 1 fully saturated rings. The minimum absolute atomic E-state index is 0.269. The molecule has 1 aromatic rings. The van der Waals surface area contributed by atoms with Crippen molar-refractivity contribution in [2.75, 3.05) is 11.9 Å². The lowest BCUT2D eigenvalue weighted by Gasteiger charge is -2.35. The summed E-state index contributed by atoms with van der Waals surface area (Å²) in [5, 5.41) is 20.1. The Morgan fingerprint density at radius 2 is 2.14 bits per heavy atom. The van der Waals surface area contributed by atoms with Crippen LogP contribution < -0.4 is 4.90 Å². The van der Waals surface area contributed by atoms with Crippen LogP contribution in [0, 0.1) is 16.0 Å². The molecular formula is C15H20N2O4. The average Bonchev–Trinajstić information content (AvgIpc) is 2.45. The fraction of sp³-hybridized carbons (Fsp3) is 0.533. The fourth-order valence-corrected chi connectivity index (χ4v) is 3.04. The van der Waals surface area contributed by atoms with E-state index in [2.05, 4.69) is 6.92 Å². The third kappa shape index (κ3) is 3.32. The molecule has 0 bridgehead atoms. The Labute approximate surface area is 123 Å². The third-order valence-electron chi connectivity index (χ3n) is 4.27. The molecule has 1 saturated carbocycles. The summed E-state index contributed by atoms with van der Waals surface area (Å²) in [5.74, 6) is -0.623. The lowest BCUT2D eigenvalue weighted by molar-refractivity contribution is -0.385. The quantitative estimate of drug-likeness (QED) is 0.680. The third-order valence-corrected chi connectivity index (χ3v) is 4.27. The number of nitro benzene ring substituents is 1. The van der Waals surface area contributed by atoms with E-state index in [1.165, 1.54) is 18.6 Å². The van der Waals surface area contributed by atoms with Gasteiger partial charge in [0.25, 0.3) is 5.69 Å². The number of carboxylic acid groups (broad SMARTS) is 1. The van der Waals surface area contributed by atoms with E-state index in [-0.39, 0.29) is 11.3 Å². The van der Waals surface area contributed by atoms with Crippen LogP contribution in [0.2, 0.25) is 0 Å². The Bertz CT molecular complexity index is 559. The summed E-state index contributed by atoms with van der Waals surface area (Å²) in [6.45, 7) is 2.22. The number of benzene rings is 1. The van der Waals surface area contributed by atoms with Crippen LogP contribution >= 0.6 is 0 Å². The molecule has 0 aromatic heterocycles. The molecule has 1 aliphatic rings. The van der Waals surface area contributed by atoms with Crippen molar-refractivity contribution in [1.82, 2.24) is 0 Å². The first-order chi connectivity index (χ1) is 9.90. The van der Waals surface area contributed by atoms with Gasteiger partial charge in [0.2, 0.25) is 0 Å². The van der Waals surface area contributed by atoms with E-state index in [1.54, 1.807) is 6.07 Å². The molecule has 2 unspecified atom stereocenters. The number of nitro groups is 1. The highest BCUT2D eigenvalue weighted by molar-refractivity contribution is 5.93. The van der Waals surface area contributed by atoms with Crippen molar-refractivity contribution in [3.8, 4) is 0 Å². The highest BCUT2D eigenvalue weighted by Gasteiger charge is 2.25. The molecule has 1 aromatic carbocycles. The van der Waals surface area contributed by atoms with Gasteiger partial charge >= 0.3 is 5.97 Å². The smallest absolute Gasteiger partial charge is 0.342 e. The molecule has 6 nitrogen and oxygen atoms in total. The van der Waals surface area contributed by atoms with Crippen LogP contribution in [-0.4, -0.2) is 29.1 Å². The predicted octanol–water partition coefficient (Wildman–Crippen LogP) is 3.31. The van der Waals surface area contributed by atoms with Crippen molar-refractivity contribution >= 4 is 17.3 Å². The van der Waals surface area contributed by atoms with Gasteiger partial charge in [-0.05, 0) is 30.9 Å². The second-order valence-electron chi connectivity index (χ2n) is 5.80. The number of hydrogen-bond acceptors (Lipinski definition) is 4. The van der Waals surface area contributed by atoms with Crippen LogP contribution in [0.5, 0.6) is 0 Å². The van der Waals surface area contributed by atoms with E-state index in [0.717, 1.165) is 19.3 Å². The average molecular weight is 292 g/mol. The Morgan fingerprint density at radius 3 is 2.71 bits per heavy atom. The molecule has 2 atom stereocenters. The van der Waals surface area contributed by atoms with Gasteiger partial charge in [0.05, 0.1) is 4.92 Å². The van der Waals surface area contributed by atoms with E-state index < -0.39 is 10.9 Å². The van der Waals surface area contributed by atoms with Gasteiger partial charge in [0.15, 0.2) is 0 Å². The predicted molar refractivity (Wildman–Crippen MR) is 79.9 cm³/mol. The number of carboxylic acids is 1. The Balaban J connectivity index is 2.29. The minimum Gasteiger partial charge on any atom is -0.477 e. The van der Waals surface area contributed by atoms with Gasteiger partial charge in [-0.15, -0.1) is 0 Å². The molecule has 1 aliphatic carbocycles. The van der Waals surface area contributed by atoms with Crippen molar-refractivity contribution in [3.05, 3.63) is 33.9 Å². The van der Waals surface area contributed by atoms with Crippen LogP contribution in [0.15, 0.2) is 18.2 Å². The van der Waals surface area contributed by atoms with Gasteiger partial charge in [0.1, 0.15) is 5.56 Å². The molecular weight excluding hydrogens is 272 g/mol. The van der Waals surface area contributed by atoms with E-state index in [4.69, 9.17) is 5.11 Å². The molecule has 1 N–H and O–H groups in total. The van der Waals surface area contributed by atoms with Gasteiger partial charge in [-0.1, -0.05) is 19.8 Å². The van der Waals surface area contributed by atoms with Crippen LogP contribution in [0.3, 0.4) is 0 Å². The Hall–Kier alpha value is -2.11. The molecule has 0 amide bonds. The SMILES string of the molecule is CC1CCCC(N(C)c2ccc(C(=O)O)c([N+](=O)[O-])c2)C1. The van der Waals surface area contributed by atoms with Crippen LogP contribution in [0.1, 0.15) is 43.0 Å². The highest BCUT2D eigenvalue weighted by atomic mass is 16.6. The van der Waals surface area contributed by atoms with Crippen molar-refractivity contribution < 1.29 is 14.8 Å². The number of hydrogen-bond donors (Lipinski definition) is 1. The molecule has 0 radical (unpaired) electrons. The molecule has 0 heterocycles. The van der Waals surface area contributed by atoms with E-state index in [0.29, 0.717) is 17.6 Å². The summed E-state index contributed by atoms with van der Waals surface area (Å²) in [5.41, 5.74) is 0.0793. The first kappa shape index (κ1) is 15.3. The largest absolute Gasteiger partial charge is 0.477 e. The van der Waals surface area contributed by atoms with Crippen LogP contribution in [0.25, 0.3) is 0 Å². The van der Waals surface area contributed by atoms with Crippen molar-refractivity contribution in [1.29, 1.82) is 0 Å². The lowest BCUT2D eigenvalue weighted by Crippen LogP contribution is -2.35. The summed E-state index contributed by atoms with van der Waals surface area (Å²) in [4.78, 5) is 23.5. The Morgan fingerprint density at radius 1 is 1.43 bits per heavy atom. The summed E-state index contributed by atoms with van der Waals surface area (Å²) in [6.07, 6.45) is 4.51. The van der Waals surface area contributed by atoms with Gasteiger partial charge in [-0.25, -0.2) is 4.79 Å². The highest BCUT2D eigenvalue weighted by Crippen LogP contribution is 2.32. The molecule has 21 heavy (non-hydrogen) atoms. The van der Waals surface area contributed by atoms with Gasteiger partial charge in [0, 0.05) is 24.8 Å². The van der Waals surface area contributed by atoms with E-state index in [9.17, 15) is 14.9 Å². The van der Waals surface area contributed by atoms with Crippen LogP contribution in [-0.2, 0) is 0 Å². The standard InChI is InChI=1S/C15H20N2O4/c1-10-4-3-5-11(8-10)16(2)12-6-7-13(15(18)19)14(9-12)17(20)21/h6-7,9-11H,3-5,8H2,1-2H3,(H,18,19). The summed E-state index contributed by atoms with van der Waals surface area (Å²) in [6, 6.07) is 4.68. The zero-order valence-corrected chi connectivity index (χ0v) is 12.3. The maximum atomic E-state index is 11.1. The monoisotopic (exact) mass is 292 g/mol. The molecule has 2 rings (SSSR count). The summed E-state index contributed by atoms with van der Waals surface area (Å²) < 4.78 is 0. The number of nitrogens with zero attached hydrogens (tertiary/aromatic N) is 2. The maximum Gasteiger partial charge on any atom is 0.342 e. The number of rotatable bonds is 4. The first-order valence-electron chi connectivity index (χ1n) is 7.14. The van der Waals surface area contributed by atoms with E-state index >= 15 is 0 Å². The fourth-order valence-electron chi connectivity index (χ4n) is 3.04. The molecule has 0 saturated heterocycles. The number of carbonyl (C=O) groups is 1. The molecule has 0 spiro atoms. The lowest BCUT2D eigenvalue weighted by atomic mass is 9.86. The van der Waals surface area contributed by atoms with Gasteiger partial charge < -0.3 is 10.0 Å². The van der Waals surface area contributed by atoms with Gasteiger partial charge in [-0.2, -0.15) is 0 Å². The Kier molecular flexibility index (Phi) is 4.45.